The minimum absolute atomic E-state index is 0.267. The molecule has 0 saturated carbocycles. The first-order chi connectivity index (χ1) is 3.92. The van der Waals surface area contributed by atoms with Crippen LogP contribution >= 0.6 is 53.4 Å². The van der Waals surface area contributed by atoms with Gasteiger partial charge in [-0.15, -0.1) is 4.52 Å². The molecule has 9 heavy (non-hydrogen) atoms. The largest absolute Gasteiger partial charge is 0.633 e. The van der Waals surface area contributed by atoms with E-state index in [9.17, 15) is 4.57 Å². The molecule has 0 N–H and O–H groups in total. The Labute approximate surface area is 73.0 Å². The fourth-order valence-electron chi connectivity index (χ4n) is 0.124. The molecule has 0 aliphatic rings. The van der Waals surface area contributed by atoms with Gasteiger partial charge in [-0.1, -0.05) is 34.8 Å². The van der Waals surface area contributed by atoms with Crippen molar-refractivity contribution >= 4 is 53.4 Å². The van der Waals surface area contributed by atoms with Crippen molar-refractivity contribution in [3.63, 3.8) is 0 Å². The molecule has 0 spiro atoms. The summed E-state index contributed by atoms with van der Waals surface area (Å²) >= 11 is 20.5. The van der Waals surface area contributed by atoms with Crippen molar-refractivity contribution in [1.82, 2.24) is 0 Å². The molecule has 0 aliphatic carbocycles. The first-order valence-electron chi connectivity index (χ1n) is 1.74. The van der Waals surface area contributed by atoms with Crippen molar-refractivity contribution in [3.05, 3.63) is 0 Å². The SMILES string of the molecule is O=[P+](Cl)OCC(Cl)(Cl)Cl. The minimum atomic E-state index is -2.20. The minimum Gasteiger partial charge on any atom is -0.126 e. The van der Waals surface area contributed by atoms with Crippen molar-refractivity contribution in [1.29, 1.82) is 0 Å². The van der Waals surface area contributed by atoms with Crippen LogP contribution in [0.4, 0.5) is 0 Å². The highest BCUT2D eigenvalue weighted by Crippen LogP contribution is 2.34. The van der Waals surface area contributed by atoms with E-state index in [1.54, 1.807) is 0 Å². The van der Waals surface area contributed by atoms with E-state index in [1.165, 1.54) is 0 Å². The second kappa shape index (κ2) is 4.17. The normalized spacial score (nSPS) is 13.6. The Morgan fingerprint density at radius 3 is 2.00 bits per heavy atom. The maximum Gasteiger partial charge on any atom is 0.633 e. The van der Waals surface area contributed by atoms with Crippen molar-refractivity contribution in [2.45, 2.75) is 3.79 Å². The van der Waals surface area contributed by atoms with Crippen LogP contribution in [0, 0.1) is 0 Å². The highest BCUT2D eigenvalue weighted by atomic mass is 35.7. The molecule has 0 heterocycles. The van der Waals surface area contributed by atoms with Crippen LogP contribution in [0.2, 0.25) is 0 Å². The number of rotatable bonds is 2. The quantitative estimate of drug-likeness (QED) is 0.538. The molecule has 7 heteroatoms. The van der Waals surface area contributed by atoms with Crippen LogP contribution in [-0.2, 0) is 9.09 Å². The molecule has 0 aliphatic heterocycles. The van der Waals surface area contributed by atoms with E-state index in [0.29, 0.717) is 0 Å². The zero-order chi connectivity index (χ0) is 7.49. The summed E-state index contributed by atoms with van der Waals surface area (Å²) in [7, 11) is -2.20. The molecule has 54 valence electrons. The van der Waals surface area contributed by atoms with E-state index in [1.807, 2.05) is 0 Å². The van der Waals surface area contributed by atoms with Crippen LogP contribution in [-0.4, -0.2) is 10.4 Å². The van der Waals surface area contributed by atoms with Gasteiger partial charge in [0, 0.05) is 0 Å². The number of alkyl halides is 3. The summed E-state index contributed by atoms with van der Waals surface area (Å²) in [5, 5.41) is 0. The van der Waals surface area contributed by atoms with Crippen LogP contribution in [0.5, 0.6) is 0 Å². The van der Waals surface area contributed by atoms with Crippen LogP contribution in [0.1, 0.15) is 0 Å². The molecular weight excluding hydrogens is 229 g/mol. The molecule has 0 radical (unpaired) electrons. The first kappa shape index (κ1) is 10.2. The monoisotopic (exact) mass is 229 g/mol. The van der Waals surface area contributed by atoms with Gasteiger partial charge in [0.15, 0.2) is 6.61 Å². The molecule has 0 aromatic rings. The maximum absolute atomic E-state index is 10.0. The standard InChI is InChI=1S/C2H2Cl4O2P/c3-2(4,5)1-8-9(6)7/h1H2/q+1. The Morgan fingerprint density at radius 1 is 1.44 bits per heavy atom. The molecule has 0 aromatic carbocycles. The zero-order valence-electron chi connectivity index (χ0n) is 3.98. The third kappa shape index (κ3) is 9.22. The summed E-state index contributed by atoms with van der Waals surface area (Å²) in [6.45, 7) is -0.267. The summed E-state index contributed by atoms with van der Waals surface area (Å²) in [5.41, 5.74) is 0. The topological polar surface area (TPSA) is 26.3 Å². The lowest BCUT2D eigenvalue weighted by atomic mass is 10.9. The fourth-order valence-corrected chi connectivity index (χ4v) is 0.957. The Kier molecular flexibility index (Phi) is 4.74. The second-order valence-electron chi connectivity index (χ2n) is 1.10. The van der Waals surface area contributed by atoms with Gasteiger partial charge in [-0.05, 0) is 4.57 Å². The van der Waals surface area contributed by atoms with E-state index in [2.05, 4.69) is 4.52 Å². The summed E-state index contributed by atoms with van der Waals surface area (Å²) < 4.78 is 12.7. The highest BCUT2D eigenvalue weighted by molar-refractivity contribution is 7.69. The van der Waals surface area contributed by atoms with Crippen LogP contribution in [0.15, 0.2) is 0 Å². The Balaban J connectivity index is 3.39. The van der Waals surface area contributed by atoms with E-state index in [0.717, 1.165) is 0 Å². The van der Waals surface area contributed by atoms with Crippen molar-refractivity contribution in [2.75, 3.05) is 6.61 Å². The summed E-state index contributed by atoms with van der Waals surface area (Å²) in [5.74, 6) is 0. The van der Waals surface area contributed by atoms with Crippen LogP contribution in [0.3, 0.4) is 0 Å². The third-order valence-corrected chi connectivity index (χ3v) is 1.28. The fraction of sp³-hybridized carbons (Fsp3) is 1.00. The molecule has 0 bridgehead atoms. The van der Waals surface area contributed by atoms with E-state index >= 15 is 0 Å². The van der Waals surface area contributed by atoms with Gasteiger partial charge in [0.25, 0.3) is 0 Å². The molecule has 0 rings (SSSR count). The van der Waals surface area contributed by atoms with Gasteiger partial charge in [0.1, 0.15) is 0 Å². The average molecular weight is 231 g/mol. The zero-order valence-corrected chi connectivity index (χ0v) is 7.90. The second-order valence-corrected chi connectivity index (χ2v) is 5.13. The predicted molar refractivity (Wildman–Crippen MR) is 39.7 cm³/mol. The van der Waals surface area contributed by atoms with Gasteiger partial charge in [0.2, 0.25) is 15.0 Å². The summed E-state index contributed by atoms with van der Waals surface area (Å²) in [6, 6.07) is 0. The molecule has 0 amide bonds. The lowest BCUT2D eigenvalue weighted by Gasteiger charge is -2.02. The van der Waals surface area contributed by atoms with E-state index < -0.39 is 11.2 Å². The number of hydrogen-bond donors (Lipinski definition) is 0. The molecule has 0 saturated heterocycles. The molecule has 1 atom stereocenters. The predicted octanol–water partition coefficient (Wildman–Crippen LogP) is 3.27. The van der Waals surface area contributed by atoms with Crippen molar-refractivity contribution in [2.24, 2.45) is 0 Å². The molecule has 0 fully saturated rings. The summed E-state index contributed by atoms with van der Waals surface area (Å²) in [6.07, 6.45) is 0. The van der Waals surface area contributed by atoms with Gasteiger partial charge in [-0.25, -0.2) is 0 Å². The lowest BCUT2D eigenvalue weighted by molar-refractivity contribution is 0.346. The average Bonchev–Trinajstić information content (AvgIpc) is 1.59. The van der Waals surface area contributed by atoms with Crippen molar-refractivity contribution < 1.29 is 9.09 Å². The Bertz CT molecular complexity index is 110. The van der Waals surface area contributed by atoms with Gasteiger partial charge in [-0.3, -0.25) is 0 Å². The summed E-state index contributed by atoms with van der Waals surface area (Å²) in [4.78, 5) is 0. The number of halogens is 4. The van der Waals surface area contributed by atoms with Crippen LogP contribution in [0.25, 0.3) is 0 Å². The van der Waals surface area contributed by atoms with Gasteiger partial charge >= 0.3 is 7.38 Å². The molecule has 0 aromatic heterocycles. The highest BCUT2D eigenvalue weighted by Gasteiger charge is 2.26. The van der Waals surface area contributed by atoms with Gasteiger partial charge in [-0.2, -0.15) is 0 Å². The van der Waals surface area contributed by atoms with Gasteiger partial charge < -0.3 is 0 Å². The number of hydrogen-bond acceptors (Lipinski definition) is 2. The maximum atomic E-state index is 10.0. The van der Waals surface area contributed by atoms with Crippen LogP contribution < -0.4 is 0 Å². The lowest BCUT2D eigenvalue weighted by Crippen LogP contribution is -2.08. The third-order valence-electron chi connectivity index (χ3n) is 0.330. The van der Waals surface area contributed by atoms with Crippen molar-refractivity contribution in [3.8, 4) is 0 Å². The Morgan fingerprint density at radius 2 is 1.89 bits per heavy atom. The smallest absolute Gasteiger partial charge is 0.126 e. The van der Waals surface area contributed by atoms with E-state index in [4.69, 9.17) is 46.0 Å². The molecule has 1 unspecified atom stereocenters. The Hall–Kier alpha value is 1.22. The molecule has 2 nitrogen and oxygen atoms in total. The molecular formula is C2H2Cl4O2P+. The first-order valence-corrected chi connectivity index (χ1v) is 4.96. The van der Waals surface area contributed by atoms with Gasteiger partial charge in [0.05, 0.1) is 0 Å². The van der Waals surface area contributed by atoms with E-state index in [-0.39, 0.29) is 6.61 Å².